The molecule has 1 atom stereocenters. The summed E-state index contributed by atoms with van der Waals surface area (Å²) in [6, 6.07) is 16.0. The molecule has 0 aliphatic carbocycles. The fourth-order valence-electron chi connectivity index (χ4n) is 3.33. The van der Waals surface area contributed by atoms with Crippen LogP contribution in [0.4, 0.5) is 5.69 Å². The first-order chi connectivity index (χ1) is 12.1. The number of carbonyl (C=O) groups excluding carboxylic acids is 1. The number of nitrogens with zero attached hydrogens (tertiary/aromatic N) is 1. The average molecular weight is 338 g/mol. The largest absolute Gasteiger partial charge is 0.462 e. The highest BCUT2D eigenvalue weighted by atomic mass is 16.5. The zero-order valence-corrected chi connectivity index (χ0v) is 14.8. The van der Waals surface area contributed by atoms with Crippen molar-refractivity contribution in [3.8, 4) is 0 Å². The molecule has 0 bridgehead atoms. The van der Waals surface area contributed by atoms with E-state index in [1.54, 1.807) is 12.1 Å². The summed E-state index contributed by atoms with van der Waals surface area (Å²) in [5, 5.41) is 0. The molecule has 1 unspecified atom stereocenters. The second kappa shape index (κ2) is 8.17. The highest BCUT2D eigenvalue weighted by molar-refractivity contribution is 5.89. The van der Waals surface area contributed by atoms with Gasteiger partial charge in [-0.1, -0.05) is 30.3 Å². The number of anilines is 1. The number of fused-ring (bicyclic) bond motifs is 1. The van der Waals surface area contributed by atoms with E-state index in [4.69, 9.17) is 10.5 Å². The van der Waals surface area contributed by atoms with Gasteiger partial charge in [-0.2, -0.15) is 0 Å². The fourth-order valence-corrected chi connectivity index (χ4v) is 3.33. The Balaban J connectivity index is 1.47. The molecule has 25 heavy (non-hydrogen) atoms. The molecule has 1 heterocycles. The molecule has 0 saturated carbocycles. The summed E-state index contributed by atoms with van der Waals surface area (Å²) in [6.45, 7) is 4.42. The topological polar surface area (TPSA) is 55.6 Å². The van der Waals surface area contributed by atoms with Gasteiger partial charge in [0.15, 0.2) is 0 Å². The Morgan fingerprint density at radius 1 is 1.24 bits per heavy atom. The predicted molar refractivity (Wildman–Crippen MR) is 101 cm³/mol. The van der Waals surface area contributed by atoms with E-state index in [0.29, 0.717) is 12.2 Å². The molecule has 1 aliphatic heterocycles. The van der Waals surface area contributed by atoms with E-state index in [1.165, 1.54) is 16.8 Å². The maximum absolute atomic E-state index is 11.9. The van der Waals surface area contributed by atoms with Gasteiger partial charge >= 0.3 is 5.97 Å². The van der Waals surface area contributed by atoms with Crippen LogP contribution in [0, 0.1) is 0 Å². The van der Waals surface area contributed by atoms with E-state index in [0.717, 1.165) is 32.4 Å². The van der Waals surface area contributed by atoms with Crippen LogP contribution in [0.25, 0.3) is 0 Å². The highest BCUT2D eigenvalue weighted by Crippen LogP contribution is 2.29. The van der Waals surface area contributed by atoms with Gasteiger partial charge in [0.1, 0.15) is 0 Å². The number of nitrogens with two attached hydrogens (primary N) is 1. The predicted octanol–water partition coefficient (Wildman–Crippen LogP) is 3.19. The molecule has 4 heteroatoms. The zero-order chi connectivity index (χ0) is 17.6. The van der Waals surface area contributed by atoms with E-state index in [1.807, 2.05) is 25.1 Å². The molecule has 1 aliphatic rings. The van der Waals surface area contributed by atoms with Gasteiger partial charge in [0.25, 0.3) is 0 Å². The minimum absolute atomic E-state index is 0.190. The van der Waals surface area contributed by atoms with Crippen molar-refractivity contribution in [3.05, 3.63) is 65.2 Å². The van der Waals surface area contributed by atoms with Crippen LogP contribution < -0.4 is 10.6 Å². The molecule has 0 saturated heterocycles. The van der Waals surface area contributed by atoms with Gasteiger partial charge in [-0.3, -0.25) is 0 Å². The van der Waals surface area contributed by atoms with E-state index in [2.05, 4.69) is 23.1 Å². The monoisotopic (exact) mass is 338 g/mol. The Morgan fingerprint density at radius 3 is 2.80 bits per heavy atom. The Bertz CT molecular complexity index is 713. The summed E-state index contributed by atoms with van der Waals surface area (Å²) in [6.07, 6.45) is 2.83. The first-order valence-corrected chi connectivity index (χ1v) is 8.98. The summed E-state index contributed by atoms with van der Waals surface area (Å²) < 4.78 is 5.36. The standard InChI is InChI=1S/C21H26N2O2/c1-16(22)14-17-8-9-20-19(15-17)10-12-23(20)11-5-13-25-21(24)18-6-3-2-4-7-18/h2-4,6-9,15-16H,5,10-14,22H2,1H3. The number of hydrogen-bond acceptors (Lipinski definition) is 4. The molecule has 3 rings (SSSR count). The number of esters is 1. The Morgan fingerprint density at radius 2 is 2.04 bits per heavy atom. The maximum atomic E-state index is 11.9. The third kappa shape index (κ3) is 4.60. The van der Waals surface area contributed by atoms with Crippen LogP contribution in [0.15, 0.2) is 48.5 Å². The third-order valence-electron chi connectivity index (χ3n) is 4.51. The maximum Gasteiger partial charge on any atom is 0.338 e. The zero-order valence-electron chi connectivity index (χ0n) is 14.8. The van der Waals surface area contributed by atoms with Crippen molar-refractivity contribution in [1.82, 2.24) is 0 Å². The molecule has 0 radical (unpaired) electrons. The van der Waals surface area contributed by atoms with Crippen molar-refractivity contribution < 1.29 is 9.53 Å². The van der Waals surface area contributed by atoms with Crippen molar-refractivity contribution in [2.75, 3.05) is 24.6 Å². The van der Waals surface area contributed by atoms with Gasteiger partial charge in [-0.05, 0) is 55.5 Å². The van der Waals surface area contributed by atoms with Crippen molar-refractivity contribution in [2.45, 2.75) is 32.2 Å². The Hall–Kier alpha value is -2.33. The molecule has 2 aromatic rings. The van der Waals surface area contributed by atoms with Gasteiger partial charge in [-0.15, -0.1) is 0 Å². The molecule has 2 N–H and O–H groups in total. The van der Waals surface area contributed by atoms with Gasteiger partial charge in [0.2, 0.25) is 0 Å². The van der Waals surface area contributed by atoms with Crippen LogP contribution in [0.3, 0.4) is 0 Å². The number of carbonyl (C=O) groups is 1. The molecule has 4 nitrogen and oxygen atoms in total. The number of hydrogen-bond donors (Lipinski definition) is 1. The second-order valence-electron chi connectivity index (χ2n) is 6.74. The molecule has 132 valence electrons. The summed E-state index contributed by atoms with van der Waals surface area (Å²) in [5.74, 6) is -0.247. The van der Waals surface area contributed by atoms with Crippen molar-refractivity contribution in [3.63, 3.8) is 0 Å². The van der Waals surface area contributed by atoms with Crippen LogP contribution >= 0.6 is 0 Å². The summed E-state index contributed by atoms with van der Waals surface area (Å²) in [7, 11) is 0. The van der Waals surface area contributed by atoms with E-state index in [9.17, 15) is 4.79 Å². The third-order valence-corrected chi connectivity index (χ3v) is 4.51. The number of benzene rings is 2. The van der Waals surface area contributed by atoms with Crippen molar-refractivity contribution in [2.24, 2.45) is 5.73 Å². The van der Waals surface area contributed by atoms with Gasteiger partial charge in [0, 0.05) is 24.8 Å². The lowest BCUT2D eigenvalue weighted by Gasteiger charge is -2.19. The Kier molecular flexibility index (Phi) is 5.71. The van der Waals surface area contributed by atoms with Crippen molar-refractivity contribution in [1.29, 1.82) is 0 Å². The van der Waals surface area contributed by atoms with Gasteiger partial charge in [-0.25, -0.2) is 4.79 Å². The average Bonchev–Trinajstić information content (AvgIpc) is 3.01. The molecular weight excluding hydrogens is 312 g/mol. The first kappa shape index (κ1) is 17.5. The minimum Gasteiger partial charge on any atom is -0.462 e. The molecule has 0 amide bonds. The van der Waals surface area contributed by atoms with Crippen LogP contribution in [-0.2, 0) is 17.6 Å². The van der Waals surface area contributed by atoms with Crippen LogP contribution in [0.2, 0.25) is 0 Å². The van der Waals surface area contributed by atoms with E-state index in [-0.39, 0.29) is 12.0 Å². The molecule has 0 aromatic heterocycles. The Labute approximate surface area is 149 Å². The molecular formula is C21H26N2O2. The second-order valence-corrected chi connectivity index (χ2v) is 6.74. The molecule has 0 spiro atoms. The quantitative estimate of drug-likeness (QED) is 0.622. The lowest BCUT2D eigenvalue weighted by Crippen LogP contribution is -2.23. The SMILES string of the molecule is CC(N)Cc1ccc2c(c1)CCN2CCCOC(=O)c1ccccc1. The van der Waals surface area contributed by atoms with Crippen LogP contribution in [-0.4, -0.2) is 31.7 Å². The lowest BCUT2D eigenvalue weighted by atomic mass is 10.0. The number of ether oxygens (including phenoxy) is 1. The number of rotatable bonds is 7. The van der Waals surface area contributed by atoms with E-state index < -0.39 is 0 Å². The normalized spacial score (nSPS) is 14.2. The molecule has 0 fully saturated rings. The summed E-state index contributed by atoms with van der Waals surface area (Å²) in [4.78, 5) is 14.3. The van der Waals surface area contributed by atoms with Gasteiger partial charge < -0.3 is 15.4 Å². The van der Waals surface area contributed by atoms with Gasteiger partial charge in [0.05, 0.1) is 12.2 Å². The molecule has 2 aromatic carbocycles. The fraction of sp³-hybridized carbons (Fsp3) is 0.381. The van der Waals surface area contributed by atoms with Crippen LogP contribution in [0.1, 0.15) is 34.8 Å². The smallest absolute Gasteiger partial charge is 0.338 e. The van der Waals surface area contributed by atoms with Crippen molar-refractivity contribution >= 4 is 11.7 Å². The van der Waals surface area contributed by atoms with E-state index >= 15 is 0 Å². The summed E-state index contributed by atoms with van der Waals surface area (Å²) >= 11 is 0. The minimum atomic E-state index is -0.247. The summed E-state index contributed by atoms with van der Waals surface area (Å²) in [5.41, 5.74) is 10.5. The van der Waals surface area contributed by atoms with Crippen LogP contribution in [0.5, 0.6) is 0 Å². The lowest BCUT2D eigenvalue weighted by molar-refractivity contribution is 0.0502. The first-order valence-electron chi connectivity index (χ1n) is 8.98. The highest BCUT2D eigenvalue weighted by Gasteiger charge is 2.19.